The fraction of sp³-hybridized carbons (Fsp3) is 0.333. The number of anilines is 1. The fourth-order valence-corrected chi connectivity index (χ4v) is 3.13. The lowest BCUT2D eigenvalue weighted by Crippen LogP contribution is -2.03. The Morgan fingerprint density at radius 3 is 2.84 bits per heavy atom. The molecule has 0 aliphatic rings. The van der Waals surface area contributed by atoms with Gasteiger partial charge in [0, 0.05) is 21.3 Å². The summed E-state index contributed by atoms with van der Waals surface area (Å²) in [5, 5.41) is 5.54. The average Bonchev–Trinajstić information content (AvgIpc) is 2.81. The lowest BCUT2D eigenvalue weighted by molar-refractivity contribution is 0.318. The zero-order valence-electron chi connectivity index (χ0n) is 11.2. The molecule has 2 nitrogen and oxygen atoms in total. The summed E-state index contributed by atoms with van der Waals surface area (Å²) in [6.07, 6.45) is 1.02. The van der Waals surface area contributed by atoms with Crippen LogP contribution >= 0.6 is 27.3 Å². The van der Waals surface area contributed by atoms with Crippen molar-refractivity contribution in [3.63, 3.8) is 0 Å². The van der Waals surface area contributed by atoms with Gasteiger partial charge in [-0.3, -0.25) is 0 Å². The average molecular weight is 340 g/mol. The van der Waals surface area contributed by atoms with Crippen LogP contribution in [0.1, 0.15) is 23.8 Å². The molecule has 1 N–H and O–H groups in total. The molecule has 0 bridgehead atoms. The minimum absolute atomic E-state index is 0.753. The molecule has 0 amide bonds. The summed E-state index contributed by atoms with van der Waals surface area (Å²) < 4.78 is 6.93. The molecule has 2 aromatic rings. The summed E-state index contributed by atoms with van der Waals surface area (Å²) in [6.45, 7) is 5.77. The van der Waals surface area contributed by atoms with E-state index in [1.165, 1.54) is 10.4 Å². The molecule has 1 heterocycles. The molecule has 19 heavy (non-hydrogen) atoms. The maximum atomic E-state index is 5.79. The molecule has 0 saturated carbocycles. The molecule has 0 saturated heterocycles. The van der Waals surface area contributed by atoms with Crippen molar-refractivity contribution in [1.82, 2.24) is 0 Å². The molecule has 0 aliphatic heterocycles. The van der Waals surface area contributed by atoms with Crippen LogP contribution in [-0.2, 0) is 6.54 Å². The lowest BCUT2D eigenvalue weighted by Gasteiger charge is -2.13. The Kier molecular flexibility index (Phi) is 5.28. The first-order valence-electron chi connectivity index (χ1n) is 6.39. The van der Waals surface area contributed by atoms with Crippen molar-refractivity contribution in [3.8, 4) is 5.75 Å². The van der Waals surface area contributed by atoms with Crippen LogP contribution in [0.15, 0.2) is 34.1 Å². The maximum Gasteiger partial charge on any atom is 0.142 e. The predicted molar refractivity (Wildman–Crippen MR) is 86.3 cm³/mol. The van der Waals surface area contributed by atoms with Gasteiger partial charge in [0.1, 0.15) is 5.75 Å². The van der Waals surface area contributed by atoms with Gasteiger partial charge in [0.05, 0.1) is 12.3 Å². The zero-order chi connectivity index (χ0) is 13.7. The molecule has 0 aliphatic carbocycles. The number of hydrogen-bond donors (Lipinski definition) is 1. The van der Waals surface area contributed by atoms with Crippen molar-refractivity contribution in [2.45, 2.75) is 26.8 Å². The van der Waals surface area contributed by atoms with E-state index >= 15 is 0 Å². The van der Waals surface area contributed by atoms with E-state index in [1.807, 2.05) is 0 Å². The number of thiophene rings is 1. The highest BCUT2D eigenvalue weighted by Gasteiger charge is 2.05. The Bertz CT molecular complexity index is 539. The van der Waals surface area contributed by atoms with Gasteiger partial charge in [-0.1, -0.05) is 13.0 Å². The molecule has 1 aromatic carbocycles. The highest BCUT2D eigenvalue weighted by Crippen LogP contribution is 2.27. The first-order chi connectivity index (χ1) is 9.19. The van der Waals surface area contributed by atoms with Gasteiger partial charge in [-0.2, -0.15) is 0 Å². The third kappa shape index (κ3) is 4.25. The lowest BCUT2D eigenvalue weighted by atomic mass is 10.2. The summed E-state index contributed by atoms with van der Waals surface area (Å²) in [6, 6.07) is 8.41. The third-order valence-corrected chi connectivity index (χ3v) is 4.37. The van der Waals surface area contributed by atoms with Gasteiger partial charge in [-0.05, 0) is 53.0 Å². The number of benzene rings is 1. The fourth-order valence-electron chi connectivity index (χ4n) is 1.74. The van der Waals surface area contributed by atoms with Gasteiger partial charge < -0.3 is 10.1 Å². The molecule has 102 valence electrons. The summed E-state index contributed by atoms with van der Waals surface area (Å²) in [5.74, 6) is 0.942. The number of hydrogen-bond acceptors (Lipinski definition) is 3. The van der Waals surface area contributed by atoms with Crippen LogP contribution in [0.2, 0.25) is 0 Å². The van der Waals surface area contributed by atoms with Crippen molar-refractivity contribution in [3.05, 3.63) is 44.6 Å². The Morgan fingerprint density at radius 2 is 2.16 bits per heavy atom. The van der Waals surface area contributed by atoms with E-state index in [1.54, 1.807) is 11.3 Å². The van der Waals surface area contributed by atoms with E-state index < -0.39 is 0 Å². The molecule has 0 radical (unpaired) electrons. The van der Waals surface area contributed by atoms with E-state index in [-0.39, 0.29) is 0 Å². The molecule has 2 rings (SSSR count). The maximum absolute atomic E-state index is 5.79. The summed E-state index contributed by atoms with van der Waals surface area (Å²) in [4.78, 5) is 1.30. The zero-order valence-corrected chi connectivity index (χ0v) is 13.6. The van der Waals surface area contributed by atoms with Crippen LogP contribution in [0, 0.1) is 6.92 Å². The molecular formula is C15H18BrNOS. The molecule has 0 fully saturated rings. The first kappa shape index (κ1) is 14.4. The van der Waals surface area contributed by atoms with E-state index in [0.29, 0.717) is 0 Å². The normalized spacial score (nSPS) is 10.5. The van der Waals surface area contributed by atoms with Gasteiger partial charge >= 0.3 is 0 Å². The van der Waals surface area contributed by atoms with Gasteiger partial charge in [0.15, 0.2) is 0 Å². The monoisotopic (exact) mass is 339 g/mol. The van der Waals surface area contributed by atoms with E-state index in [4.69, 9.17) is 4.74 Å². The van der Waals surface area contributed by atoms with Crippen LogP contribution in [0.3, 0.4) is 0 Å². The van der Waals surface area contributed by atoms with Crippen LogP contribution in [-0.4, -0.2) is 6.61 Å². The SMILES string of the molecule is CCCOc1cc(C)ccc1NCc1cc(Br)cs1. The van der Waals surface area contributed by atoms with Crippen molar-refractivity contribution in [2.75, 3.05) is 11.9 Å². The van der Waals surface area contributed by atoms with Crippen molar-refractivity contribution < 1.29 is 4.74 Å². The van der Waals surface area contributed by atoms with Crippen molar-refractivity contribution in [1.29, 1.82) is 0 Å². The highest BCUT2D eigenvalue weighted by atomic mass is 79.9. The number of ether oxygens (including phenoxy) is 1. The van der Waals surface area contributed by atoms with Crippen LogP contribution in [0.5, 0.6) is 5.75 Å². The highest BCUT2D eigenvalue weighted by molar-refractivity contribution is 9.10. The van der Waals surface area contributed by atoms with Gasteiger partial charge in [0.2, 0.25) is 0 Å². The summed E-state index contributed by atoms with van der Waals surface area (Å²) in [7, 11) is 0. The minimum atomic E-state index is 0.753. The Morgan fingerprint density at radius 1 is 1.32 bits per heavy atom. The van der Waals surface area contributed by atoms with Crippen molar-refractivity contribution >= 4 is 33.0 Å². The Balaban J connectivity index is 2.05. The van der Waals surface area contributed by atoms with Crippen LogP contribution < -0.4 is 10.1 Å². The number of halogens is 1. The van der Waals surface area contributed by atoms with Crippen LogP contribution in [0.25, 0.3) is 0 Å². The second kappa shape index (κ2) is 6.96. The van der Waals surface area contributed by atoms with E-state index in [0.717, 1.165) is 35.5 Å². The van der Waals surface area contributed by atoms with Crippen LogP contribution in [0.4, 0.5) is 5.69 Å². The molecule has 0 unspecified atom stereocenters. The number of nitrogens with one attached hydrogen (secondary N) is 1. The molecule has 4 heteroatoms. The second-order valence-corrected chi connectivity index (χ2v) is 6.34. The topological polar surface area (TPSA) is 21.3 Å². The Hall–Kier alpha value is -1.000. The predicted octanol–water partition coefficient (Wildman–Crippen LogP) is 5.22. The van der Waals surface area contributed by atoms with E-state index in [2.05, 4.69) is 64.7 Å². The largest absolute Gasteiger partial charge is 0.491 e. The van der Waals surface area contributed by atoms with Crippen molar-refractivity contribution in [2.24, 2.45) is 0 Å². The second-order valence-electron chi connectivity index (χ2n) is 4.43. The third-order valence-electron chi connectivity index (χ3n) is 2.67. The molecule has 0 atom stereocenters. The van der Waals surface area contributed by atoms with Gasteiger partial charge in [-0.15, -0.1) is 11.3 Å². The smallest absolute Gasteiger partial charge is 0.142 e. The van der Waals surface area contributed by atoms with Gasteiger partial charge in [-0.25, -0.2) is 0 Å². The molecule has 1 aromatic heterocycles. The molecule has 0 spiro atoms. The quantitative estimate of drug-likeness (QED) is 0.778. The first-order valence-corrected chi connectivity index (χ1v) is 8.06. The number of aryl methyl sites for hydroxylation is 1. The Labute approximate surface area is 126 Å². The van der Waals surface area contributed by atoms with Gasteiger partial charge in [0.25, 0.3) is 0 Å². The molecular weight excluding hydrogens is 322 g/mol. The number of rotatable bonds is 6. The summed E-state index contributed by atoms with van der Waals surface area (Å²) in [5.41, 5.74) is 2.28. The van der Waals surface area contributed by atoms with E-state index in [9.17, 15) is 0 Å². The standard InChI is InChI=1S/C15H18BrNOS/c1-3-6-18-15-7-11(2)4-5-14(15)17-9-13-8-12(16)10-19-13/h4-5,7-8,10,17H,3,6,9H2,1-2H3. The minimum Gasteiger partial charge on any atom is -0.491 e. The summed E-state index contributed by atoms with van der Waals surface area (Å²) >= 11 is 5.22.